The molecule has 1 aliphatic heterocycles. The maximum Gasteiger partial charge on any atom is 0.481 e. The van der Waals surface area contributed by atoms with E-state index < -0.39 is 84.6 Å². The fourth-order valence-corrected chi connectivity index (χ4v) is 9.53. The molecule has 2 aliphatic rings. The number of nitrogen functional groups attached to an aromatic ring is 1. The zero-order valence-electron chi connectivity index (χ0n) is 37.5. The SMILES string of the molecule is CC(C)(COP(=O)(O)OP(=O)(O)OC[C@H]1O[C@@H](n2cnc3c(N)ncnc32)[C@H](O)[C@@H]1OP(=O)(O)O)[C@@H](O)C(=O)NCCC(=O)NCCS.CC=CCCC(=O)O.c1ccc2c(c1)Cc1ccccc1-2. The Hall–Kier alpha value is -4.46. The van der Waals surface area contributed by atoms with Gasteiger partial charge in [0.15, 0.2) is 17.7 Å². The Bertz CT molecular complexity index is 2520. The van der Waals surface area contributed by atoms with E-state index in [1.54, 1.807) is 0 Å². The number of aromatic nitrogens is 4. The normalized spacial score (nSPS) is 19.7. The summed E-state index contributed by atoms with van der Waals surface area (Å²) >= 11 is 3.95. The first kappa shape index (κ1) is 57.1. The number of carbonyl (C=O) groups is 3. The number of anilines is 1. The van der Waals surface area contributed by atoms with Crippen molar-refractivity contribution >= 4 is 70.9 Å². The number of benzene rings is 2. The van der Waals surface area contributed by atoms with Gasteiger partial charge < -0.3 is 56.0 Å². The molecule has 29 heteroatoms. The van der Waals surface area contributed by atoms with Gasteiger partial charge in [-0.1, -0.05) is 74.5 Å². The maximum atomic E-state index is 12.6. The molecule has 11 N–H and O–H groups in total. The van der Waals surface area contributed by atoms with E-state index in [1.807, 2.05) is 19.1 Å². The number of aliphatic hydroxyl groups excluding tert-OH is 2. The molecule has 0 radical (unpaired) electrons. The molecular weight excluding hydrogens is 991 g/mol. The number of nitrogens with one attached hydrogen (secondary N) is 2. The van der Waals surface area contributed by atoms with Crippen molar-refractivity contribution in [3.8, 4) is 11.1 Å². The molecule has 7 atom stereocenters. The first-order valence-electron chi connectivity index (χ1n) is 20.9. The molecular formula is C40H56N7O18P3S. The standard InChI is InChI=1S/C21H36N7O16P3S.C13H10.C6H10O2/c1-21(2,16(31)19(32)24-4-3-12(29)23-5-6-48)8-41-47(38,39)44-46(36,37)40-7-11-15(43-45(33,34)35)14(30)20(42-11)28-10-27-13-17(22)25-9-26-18(13)28;1-3-7-12-10(5-1)9-11-6-2-4-8-13(11)12;1-2-3-4-5-6(7)8/h9-11,14-16,20,30-31,48H,3-8H2,1-2H3,(H,23,29)(H,24,32)(H,36,37)(H,38,39)(H2,22,25,26)(H2,33,34,35);1-8H,9H2;2-3H,4-5H2,1H3,(H,7,8)/t11-,14-,15-,16+,20-;;/m1../s1. The number of aliphatic hydroxyl groups is 2. The van der Waals surface area contributed by atoms with Crippen LogP contribution in [-0.2, 0) is 57.1 Å². The zero-order chi connectivity index (χ0) is 51.2. The van der Waals surface area contributed by atoms with Crippen LogP contribution in [0.5, 0.6) is 0 Å². The van der Waals surface area contributed by atoms with Gasteiger partial charge >= 0.3 is 29.4 Å². The molecule has 4 aromatic rings. The van der Waals surface area contributed by atoms with Crippen molar-refractivity contribution in [2.24, 2.45) is 5.41 Å². The highest BCUT2D eigenvalue weighted by Crippen LogP contribution is 2.61. The van der Waals surface area contributed by atoms with E-state index in [9.17, 15) is 57.9 Å². The number of hydrogen-bond donors (Lipinski definition) is 11. The number of nitrogens with zero attached hydrogens (tertiary/aromatic N) is 4. The predicted octanol–water partition coefficient (Wildman–Crippen LogP) is 3.02. The topological polar surface area (TPSA) is 384 Å². The van der Waals surface area contributed by atoms with Crippen LogP contribution >= 0.6 is 36.1 Å². The second kappa shape index (κ2) is 25.6. The number of amides is 2. The smallest absolute Gasteiger partial charge is 0.481 e. The summed E-state index contributed by atoms with van der Waals surface area (Å²) in [4.78, 5) is 84.5. The number of fused-ring (bicyclic) bond motifs is 4. The highest BCUT2D eigenvalue weighted by Gasteiger charge is 2.50. The van der Waals surface area contributed by atoms with Crippen LogP contribution in [0.1, 0.15) is 57.4 Å². The quantitative estimate of drug-likeness (QED) is 0.0286. The van der Waals surface area contributed by atoms with Gasteiger partial charge in [-0.15, -0.1) is 0 Å². The Morgan fingerprint density at radius 2 is 1.58 bits per heavy atom. The summed E-state index contributed by atoms with van der Waals surface area (Å²) in [6, 6.07) is 17.3. The lowest BCUT2D eigenvalue weighted by Crippen LogP contribution is -2.46. The van der Waals surface area contributed by atoms with Crippen molar-refractivity contribution in [3.63, 3.8) is 0 Å². The van der Waals surface area contributed by atoms with E-state index >= 15 is 0 Å². The van der Waals surface area contributed by atoms with Crippen LogP contribution in [0.15, 0.2) is 73.3 Å². The Morgan fingerprint density at radius 3 is 2.17 bits per heavy atom. The molecule has 2 amide bonds. The van der Waals surface area contributed by atoms with Crippen LogP contribution in [0.2, 0.25) is 0 Å². The monoisotopic (exact) mass is 1050 g/mol. The van der Waals surface area contributed by atoms with Gasteiger partial charge in [-0.3, -0.25) is 32.5 Å². The van der Waals surface area contributed by atoms with Crippen LogP contribution in [0.3, 0.4) is 0 Å². The largest absolute Gasteiger partial charge is 0.481 e. The number of imidazole rings is 1. The average molecular weight is 1050 g/mol. The third kappa shape index (κ3) is 17.4. The lowest BCUT2D eigenvalue weighted by Gasteiger charge is -2.30. The number of nitrogens with two attached hydrogens (primary N) is 1. The van der Waals surface area contributed by atoms with Crippen molar-refractivity contribution in [1.82, 2.24) is 30.2 Å². The summed E-state index contributed by atoms with van der Waals surface area (Å²) in [7, 11) is -16.3. The number of allylic oxidation sites excluding steroid dienone is 2. The number of phosphoric ester groups is 3. The minimum Gasteiger partial charge on any atom is -0.481 e. The van der Waals surface area contributed by atoms with Gasteiger partial charge in [-0.05, 0) is 42.0 Å². The third-order valence-electron chi connectivity index (χ3n) is 9.98. The second-order valence-electron chi connectivity index (χ2n) is 15.8. The highest BCUT2D eigenvalue weighted by molar-refractivity contribution is 7.80. The Morgan fingerprint density at radius 1 is 0.957 bits per heavy atom. The fourth-order valence-electron chi connectivity index (χ4n) is 6.59. The number of carbonyl (C=O) groups excluding carboxylic acids is 2. The van der Waals surface area contributed by atoms with Gasteiger partial charge in [0.25, 0.3) is 0 Å². The molecule has 0 spiro atoms. The van der Waals surface area contributed by atoms with Crippen LogP contribution in [0, 0.1) is 5.41 Å². The summed E-state index contributed by atoms with van der Waals surface area (Å²) in [5, 5.41) is 34.2. The first-order chi connectivity index (χ1) is 32.4. The van der Waals surface area contributed by atoms with Crippen molar-refractivity contribution < 1.29 is 85.6 Å². The average Bonchev–Trinajstić information content (AvgIpc) is 3.97. The molecule has 1 aliphatic carbocycles. The third-order valence-corrected chi connectivity index (χ3v) is 13.3. The van der Waals surface area contributed by atoms with Crippen molar-refractivity contribution in [2.75, 3.05) is 37.8 Å². The van der Waals surface area contributed by atoms with Gasteiger partial charge in [0, 0.05) is 37.1 Å². The lowest BCUT2D eigenvalue weighted by atomic mass is 9.87. The van der Waals surface area contributed by atoms with Crippen LogP contribution < -0.4 is 16.4 Å². The summed E-state index contributed by atoms with van der Waals surface area (Å²) in [6.07, 6.45) is -1.06. The molecule has 0 saturated carbocycles. The van der Waals surface area contributed by atoms with E-state index in [0.717, 1.165) is 23.6 Å². The number of thiol groups is 1. The maximum absolute atomic E-state index is 12.6. The number of carboxylic acid groups (broad SMARTS) is 1. The van der Waals surface area contributed by atoms with E-state index in [1.165, 1.54) is 36.1 Å². The van der Waals surface area contributed by atoms with Crippen molar-refractivity contribution in [1.29, 1.82) is 0 Å². The predicted molar refractivity (Wildman–Crippen MR) is 250 cm³/mol. The van der Waals surface area contributed by atoms with Gasteiger partial charge in [0.1, 0.15) is 36.3 Å². The number of aliphatic carboxylic acids is 1. The number of phosphoric acid groups is 3. The van der Waals surface area contributed by atoms with Gasteiger partial charge in [-0.2, -0.15) is 16.9 Å². The minimum atomic E-state index is -5.54. The van der Waals surface area contributed by atoms with E-state index in [-0.39, 0.29) is 42.3 Å². The lowest BCUT2D eigenvalue weighted by molar-refractivity contribution is -0.137. The van der Waals surface area contributed by atoms with Crippen LogP contribution in [-0.4, -0.2) is 129 Å². The van der Waals surface area contributed by atoms with Crippen molar-refractivity contribution in [2.45, 2.75) is 77.1 Å². The molecule has 25 nitrogen and oxygen atoms in total. The molecule has 69 heavy (non-hydrogen) atoms. The summed E-state index contributed by atoms with van der Waals surface area (Å²) in [6.45, 7) is 2.60. The molecule has 3 heterocycles. The summed E-state index contributed by atoms with van der Waals surface area (Å²) in [5.74, 6) is -1.68. The number of hydrogen-bond acceptors (Lipinski definition) is 18. The number of ether oxygens (including phenoxy) is 1. The molecule has 380 valence electrons. The van der Waals surface area contributed by atoms with Gasteiger partial charge in [0.2, 0.25) is 11.8 Å². The zero-order valence-corrected chi connectivity index (χ0v) is 41.0. The summed E-state index contributed by atoms with van der Waals surface area (Å²) < 4.78 is 61.7. The van der Waals surface area contributed by atoms with E-state index in [4.69, 9.17) is 24.6 Å². The molecule has 2 aromatic carbocycles. The van der Waals surface area contributed by atoms with Crippen LogP contribution in [0.25, 0.3) is 22.3 Å². The number of carboxylic acids is 1. The van der Waals surface area contributed by atoms with E-state index in [0.29, 0.717) is 18.7 Å². The first-order valence-corrected chi connectivity index (χ1v) is 26.0. The molecule has 1 saturated heterocycles. The molecule has 1 fully saturated rings. The van der Waals surface area contributed by atoms with Gasteiger partial charge in [0.05, 0.1) is 19.5 Å². The number of rotatable bonds is 21. The fraction of sp³-hybridized carbons (Fsp3) is 0.450. The molecule has 2 aromatic heterocycles. The molecule has 2 unspecified atom stereocenters. The minimum absolute atomic E-state index is 0.0363. The molecule has 0 bridgehead atoms. The highest BCUT2D eigenvalue weighted by atomic mass is 32.1. The Balaban J connectivity index is 0.000000398. The second-order valence-corrected chi connectivity index (χ2v) is 20.5. The van der Waals surface area contributed by atoms with Crippen molar-refractivity contribution in [3.05, 3.63) is 84.5 Å². The van der Waals surface area contributed by atoms with Gasteiger partial charge in [-0.25, -0.2) is 28.6 Å². The Labute approximate surface area is 401 Å². The molecule has 6 rings (SSSR count). The van der Waals surface area contributed by atoms with Crippen LogP contribution in [0.4, 0.5) is 5.82 Å². The summed E-state index contributed by atoms with van der Waals surface area (Å²) in [5.41, 5.74) is 10.1. The van der Waals surface area contributed by atoms with E-state index in [2.05, 4.69) is 95.6 Å². The Kier molecular flexibility index (Phi) is 21.2.